The highest BCUT2D eigenvalue weighted by molar-refractivity contribution is 5.85. The maximum atomic E-state index is 13.8. The molecule has 1 fully saturated rings. The Bertz CT molecular complexity index is 385. The van der Waals surface area contributed by atoms with Crippen molar-refractivity contribution < 1.29 is 13.5 Å². The van der Waals surface area contributed by atoms with Gasteiger partial charge in [-0.3, -0.25) is 0 Å². The monoisotopic (exact) mass is 277 g/mol. The molecule has 0 saturated heterocycles. The zero-order chi connectivity index (χ0) is 12.4. The molecular weight excluding hydrogens is 260 g/mol. The van der Waals surface area contributed by atoms with Crippen molar-refractivity contribution in [3.8, 4) is 5.75 Å². The first-order chi connectivity index (χ1) is 8.13. The molecule has 1 aromatic carbocycles. The van der Waals surface area contributed by atoms with Gasteiger partial charge in [-0.05, 0) is 18.8 Å². The molecule has 0 heterocycles. The van der Waals surface area contributed by atoms with E-state index in [-0.39, 0.29) is 29.6 Å². The third-order valence-corrected chi connectivity index (χ3v) is 3.53. The van der Waals surface area contributed by atoms with Crippen LogP contribution >= 0.6 is 12.4 Å². The van der Waals surface area contributed by atoms with Crippen LogP contribution in [0.15, 0.2) is 12.1 Å². The molecule has 1 atom stereocenters. The van der Waals surface area contributed by atoms with E-state index < -0.39 is 17.7 Å². The van der Waals surface area contributed by atoms with Gasteiger partial charge in [0, 0.05) is 23.7 Å². The predicted octanol–water partition coefficient (Wildman–Crippen LogP) is 3.59. The van der Waals surface area contributed by atoms with Crippen LogP contribution < -0.4 is 10.5 Å². The molecule has 1 saturated carbocycles. The Morgan fingerprint density at radius 1 is 1.22 bits per heavy atom. The van der Waals surface area contributed by atoms with Crippen LogP contribution in [0.3, 0.4) is 0 Å². The van der Waals surface area contributed by atoms with Gasteiger partial charge in [-0.1, -0.05) is 12.8 Å². The first-order valence-corrected chi connectivity index (χ1v) is 5.92. The number of hydrogen-bond acceptors (Lipinski definition) is 2. The van der Waals surface area contributed by atoms with Crippen molar-refractivity contribution in [3.63, 3.8) is 0 Å². The molecule has 0 radical (unpaired) electrons. The van der Waals surface area contributed by atoms with E-state index in [1.54, 1.807) is 0 Å². The number of benzene rings is 1. The summed E-state index contributed by atoms with van der Waals surface area (Å²) in [7, 11) is 1.38. The second-order valence-corrected chi connectivity index (χ2v) is 4.58. The first-order valence-electron chi connectivity index (χ1n) is 5.92. The standard InChI is InChI=1S/C13H17F2NO.ClH/c1-17-9-6-10(14)12(11(15)7-9)13(16)8-4-2-3-5-8;/h6-8,13H,2-5,16H2,1H3;1H/t13-;/m0./s1. The van der Waals surface area contributed by atoms with E-state index in [4.69, 9.17) is 10.5 Å². The Balaban J connectivity index is 0.00000162. The molecule has 2 N–H and O–H groups in total. The molecule has 0 spiro atoms. The van der Waals surface area contributed by atoms with Crippen molar-refractivity contribution in [2.75, 3.05) is 7.11 Å². The quantitative estimate of drug-likeness (QED) is 0.916. The molecular formula is C13H18ClF2NO. The zero-order valence-corrected chi connectivity index (χ0v) is 11.1. The maximum absolute atomic E-state index is 13.8. The summed E-state index contributed by atoms with van der Waals surface area (Å²) in [5.41, 5.74) is 5.97. The van der Waals surface area contributed by atoms with Gasteiger partial charge < -0.3 is 10.5 Å². The minimum absolute atomic E-state index is 0. The van der Waals surface area contributed by atoms with E-state index in [9.17, 15) is 8.78 Å². The van der Waals surface area contributed by atoms with Crippen molar-refractivity contribution in [2.24, 2.45) is 11.7 Å². The number of rotatable bonds is 3. The summed E-state index contributed by atoms with van der Waals surface area (Å²) in [4.78, 5) is 0. The molecule has 5 heteroatoms. The topological polar surface area (TPSA) is 35.2 Å². The Labute approximate surface area is 112 Å². The highest BCUT2D eigenvalue weighted by Gasteiger charge is 2.28. The molecule has 0 amide bonds. The molecule has 0 unspecified atom stereocenters. The third kappa shape index (κ3) is 2.93. The number of halogens is 3. The highest BCUT2D eigenvalue weighted by atomic mass is 35.5. The van der Waals surface area contributed by atoms with Crippen LogP contribution in [-0.4, -0.2) is 7.11 Å². The number of nitrogens with two attached hydrogens (primary N) is 1. The lowest BCUT2D eigenvalue weighted by atomic mass is 9.91. The summed E-state index contributed by atoms with van der Waals surface area (Å²) in [5.74, 6) is -0.850. The Hall–Kier alpha value is -0.870. The van der Waals surface area contributed by atoms with Gasteiger partial charge >= 0.3 is 0 Å². The van der Waals surface area contributed by atoms with E-state index in [0.717, 1.165) is 25.7 Å². The van der Waals surface area contributed by atoms with Gasteiger partial charge in [0.15, 0.2) is 0 Å². The molecule has 0 aromatic heterocycles. The molecule has 0 aliphatic heterocycles. The average Bonchev–Trinajstić information content (AvgIpc) is 2.81. The van der Waals surface area contributed by atoms with Crippen LogP contribution in [0, 0.1) is 17.6 Å². The van der Waals surface area contributed by atoms with Crippen molar-refractivity contribution in [2.45, 2.75) is 31.7 Å². The molecule has 1 aliphatic rings. The fourth-order valence-corrected chi connectivity index (χ4v) is 2.55. The average molecular weight is 278 g/mol. The molecule has 0 bridgehead atoms. The van der Waals surface area contributed by atoms with Gasteiger partial charge in [-0.2, -0.15) is 0 Å². The van der Waals surface area contributed by atoms with Gasteiger partial charge in [0.2, 0.25) is 0 Å². The number of hydrogen-bond donors (Lipinski definition) is 1. The summed E-state index contributed by atoms with van der Waals surface area (Å²) < 4.78 is 32.4. The second-order valence-electron chi connectivity index (χ2n) is 4.58. The van der Waals surface area contributed by atoms with Crippen molar-refractivity contribution in [3.05, 3.63) is 29.3 Å². The van der Waals surface area contributed by atoms with Crippen LogP contribution in [0.5, 0.6) is 5.75 Å². The summed E-state index contributed by atoms with van der Waals surface area (Å²) in [6.45, 7) is 0. The highest BCUT2D eigenvalue weighted by Crippen LogP contribution is 2.36. The number of ether oxygens (including phenoxy) is 1. The van der Waals surface area contributed by atoms with E-state index in [2.05, 4.69) is 0 Å². The smallest absolute Gasteiger partial charge is 0.134 e. The molecule has 2 rings (SSSR count). The molecule has 2 nitrogen and oxygen atoms in total. The van der Waals surface area contributed by atoms with Crippen LogP contribution in [0.1, 0.15) is 37.3 Å². The van der Waals surface area contributed by atoms with Crippen molar-refractivity contribution >= 4 is 12.4 Å². The summed E-state index contributed by atoms with van der Waals surface area (Å²) in [5, 5.41) is 0. The largest absolute Gasteiger partial charge is 0.497 e. The van der Waals surface area contributed by atoms with E-state index >= 15 is 0 Å². The Kier molecular flexibility index (Phi) is 5.35. The Morgan fingerprint density at radius 2 is 1.72 bits per heavy atom. The van der Waals surface area contributed by atoms with Gasteiger partial charge in [0.1, 0.15) is 17.4 Å². The SMILES string of the molecule is COc1cc(F)c([C@@H](N)C2CCCC2)c(F)c1.Cl. The summed E-state index contributed by atoms with van der Waals surface area (Å²) in [6, 6.07) is 1.82. The lowest BCUT2D eigenvalue weighted by Gasteiger charge is -2.20. The third-order valence-electron chi connectivity index (χ3n) is 3.53. The molecule has 18 heavy (non-hydrogen) atoms. The van der Waals surface area contributed by atoms with Crippen LogP contribution in [0.2, 0.25) is 0 Å². The van der Waals surface area contributed by atoms with Gasteiger partial charge in [-0.25, -0.2) is 8.78 Å². The first kappa shape index (κ1) is 15.2. The maximum Gasteiger partial charge on any atom is 0.134 e. The van der Waals surface area contributed by atoms with Crippen LogP contribution in [-0.2, 0) is 0 Å². The van der Waals surface area contributed by atoms with Crippen molar-refractivity contribution in [1.82, 2.24) is 0 Å². The summed E-state index contributed by atoms with van der Waals surface area (Å²) >= 11 is 0. The fourth-order valence-electron chi connectivity index (χ4n) is 2.55. The molecule has 1 aliphatic carbocycles. The van der Waals surface area contributed by atoms with E-state index in [1.807, 2.05) is 0 Å². The second kappa shape index (κ2) is 6.34. The van der Waals surface area contributed by atoms with Gasteiger partial charge in [-0.15, -0.1) is 12.4 Å². The lowest BCUT2D eigenvalue weighted by molar-refractivity contribution is 0.389. The zero-order valence-electron chi connectivity index (χ0n) is 10.3. The van der Waals surface area contributed by atoms with Crippen LogP contribution in [0.4, 0.5) is 8.78 Å². The van der Waals surface area contributed by atoms with Gasteiger partial charge in [0.25, 0.3) is 0 Å². The summed E-state index contributed by atoms with van der Waals surface area (Å²) in [6.07, 6.45) is 4.09. The molecule has 1 aromatic rings. The van der Waals surface area contributed by atoms with Crippen molar-refractivity contribution in [1.29, 1.82) is 0 Å². The minimum Gasteiger partial charge on any atom is -0.497 e. The lowest BCUT2D eigenvalue weighted by Crippen LogP contribution is -2.22. The fraction of sp³-hybridized carbons (Fsp3) is 0.538. The Morgan fingerprint density at radius 3 is 2.17 bits per heavy atom. The number of methoxy groups -OCH3 is 1. The van der Waals surface area contributed by atoms with Crippen LogP contribution in [0.25, 0.3) is 0 Å². The van der Waals surface area contributed by atoms with E-state index in [1.165, 1.54) is 19.2 Å². The molecule has 102 valence electrons. The predicted molar refractivity (Wildman–Crippen MR) is 69.0 cm³/mol. The minimum atomic E-state index is -0.610. The van der Waals surface area contributed by atoms with Gasteiger partial charge in [0.05, 0.1) is 7.11 Å². The van der Waals surface area contributed by atoms with E-state index in [0.29, 0.717) is 0 Å². The normalized spacial score (nSPS) is 17.3.